The number of benzene rings is 2. The van der Waals surface area contributed by atoms with Crippen LogP contribution in [0.4, 0.5) is 30.2 Å². The van der Waals surface area contributed by atoms with Crippen molar-refractivity contribution in [3.8, 4) is 0 Å². The highest BCUT2D eigenvalue weighted by molar-refractivity contribution is 6.03. The number of hydrogen-bond acceptors (Lipinski definition) is 3. The summed E-state index contributed by atoms with van der Waals surface area (Å²) in [5.74, 6) is -0.406. The van der Waals surface area contributed by atoms with Gasteiger partial charge in [0.05, 0.1) is 5.56 Å². The molecule has 0 radical (unpaired) electrons. The first-order valence-electron chi connectivity index (χ1n) is 8.10. The van der Waals surface area contributed by atoms with Gasteiger partial charge in [-0.05, 0) is 48.9 Å². The van der Waals surface area contributed by atoms with Crippen LogP contribution in [0.15, 0.2) is 66.9 Å². The van der Waals surface area contributed by atoms with E-state index in [4.69, 9.17) is 0 Å². The van der Waals surface area contributed by atoms with E-state index in [-0.39, 0.29) is 11.4 Å². The van der Waals surface area contributed by atoms with Gasteiger partial charge in [-0.1, -0.05) is 24.3 Å². The molecular weight excluding hydrogens is 355 g/mol. The molecule has 138 valence electrons. The van der Waals surface area contributed by atoms with Crippen LogP contribution in [0.3, 0.4) is 0 Å². The van der Waals surface area contributed by atoms with E-state index in [1.54, 1.807) is 12.1 Å². The maximum Gasteiger partial charge on any atom is 0.416 e. The average Bonchev–Trinajstić information content (AvgIpc) is 2.63. The molecule has 0 aliphatic carbocycles. The highest BCUT2D eigenvalue weighted by Crippen LogP contribution is 2.31. The first-order chi connectivity index (χ1) is 12.8. The Bertz CT molecular complexity index is 970. The minimum Gasteiger partial charge on any atom is -0.355 e. The molecule has 3 aromatic rings. The van der Waals surface area contributed by atoms with Crippen molar-refractivity contribution in [2.24, 2.45) is 0 Å². The number of rotatable bonds is 4. The van der Waals surface area contributed by atoms with Gasteiger partial charge in [0.1, 0.15) is 5.69 Å². The van der Waals surface area contributed by atoms with Crippen LogP contribution in [-0.4, -0.2) is 10.9 Å². The van der Waals surface area contributed by atoms with Gasteiger partial charge in [0.15, 0.2) is 0 Å². The second-order valence-corrected chi connectivity index (χ2v) is 5.90. The van der Waals surface area contributed by atoms with Crippen molar-refractivity contribution in [3.63, 3.8) is 0 Å². The summed E-state index contributed by atoms with van der Waals surface area (Å²) in [5.41, 5.74) is 1.69. The number of halogens is 3. The Morgan fingerprint density at radius 1 is 0.963 bits per heavy atom. The Labute approximate surface area is 154 Å². The Kier molecular flexibility index (Phi) is 5.12. The molecule has 0 atom stereocenters. The maximum atomic E-state index is 12.8. The fourth-order valence-electron chi connectivity index (χ4n) is 2.47. The van der Waals surface area contributed by atoms with Crippen molar-refractivity contribution in [3.05, 3.63) is 83.7 Å². The molecule has 3 rings (SSSR count). The van der Waals surface area contributed by atoms with Crippen LogP contribution in [0.25, 0.3) is 0 Å². The monoisotopic (exact) mass is 371 g/mol. The maximum absolute atomic E-state index is 12.8. The highest BCUT2D eigenvalue weighted by Gasteiger charge is 2.30. The number of aryl methyl sites for hydroxylation is 1. The van der Waals surface area contributed by atoms with E-state index in [1.807, 2.05) is 25.1 Å². The summed E-state index contributed by atoms with van der Waals surface area (Å²) >= 11 is 0. The third kappa shape index (κ3) is 4.63. The molecular formula is C20H16F3N3O. The van der Waals surface area contributed by atoms with Gasteiger partial charge in [0, 0.05) is 23.3 Å². The summed E-state index contributed by atoms with van der Waals surface area (Å²) in [5, 5.41) is 5.64. The fourth-order valence-corrected chi connectivity index (χ4v) is 2.47. The summed E-state index contributed by atoms with van der Waals surface area (Å²) < 4.78 is 38.5. The van der Waals surface area contributed by atoms with E-state index < -0.39 is 17.6 Å². The van der Waals surface area contributed by atoms with Gasteiger partial charge in [0.2, 0.25) is 0 Å². The molecule has 0 saturated carbocycles. The minimum atomic E-state index is -4.42. The summed E-state index contributed by atoms with van der Waals surface area (Å²) in [6, 6.07) is 15.2. The Morgan fingerprint density at radius 3 is 2.44 bits per heavy atom. The first-order valence-corrected chi connectivity index (χ1v) is 8.10. The number of carbonyl (C=O) groups excluding carboxylic acids is 1. The van der Waals surface area contributed by atoms with Crippen LogP contribution >= 0.6 is 0 Å². The topological polar surface area (TPSA) is 54.0 Å². The zero-order chi connectivity index (χ0) is 19.4. The smallest absolute Gasteiger partial charge is 0.355 e. The van der Waals surface area contributed by atoms with E-state index >= 15 is 0 Å². The van der Waals surface area contributed by atoms with E-state index in [2.05, 4.69) is 15.6 Å². The second kappa shape index (κ2) is 7.49. The second-order valence-electron chi connectivity index (χ2n) is 5.90. The fraction of sp³-hybridized carbons (Fsp3) is 0.100. The van der Waals surface area contributed by atoms with Crippen molar-refractivity contribution in [1.82, 2.24) is 4.98 Å². The van der Waals surface area contributed by atoms with Crippen LogP contribution in [-0.2, 0) is 6.18 Å². The number of alkyl halides is 3. The van der Waals surface area contributed by atoms with E-state index in [0.717, 1.165) is 17.7 Å². The summed E-state index contributed by atoms with van der Waals surface area (Å²) in [4.78, 5) is 16.4. The zero-order valence-electron chi connectivity index (χ0n) is 14.3. The van der Waals surface area contributed by atoms with Crippen molar-refractivity contribution < 1.29 is 18.0 Å². The summed E-state index contributed by atoms with van der Waals surface area (Å²) in [7, 11) is 0. The molecule has 7 heteroatoms. The van der Waals surface area contributed by atoms with Gasteiger partial charge in [-0.3, -0.25) is 9.78 Å². The SMILES string of the molecule is Cc1ccccc1NC(=O)c1cc(Nc2cccc(C(F)(F)F)c2)ccn1. The third-order valence-electron chi connectivity index (χ3n) is 3.86. The lowest BCUT2D eigenvalue weighted by Gasteiger charge is -2.12. The molecule has 0 bridgehead atoms. The average molecular weight is 371 g/mol. The lowest BCUT2D eigenvalue weighted by atomic mass is 10.2. The quantitative estimate of drug-likeness (QED) is 0.645. The number of carbonyl (C=O) groups is 1. The molecule has 1 aromatic heterocycles. The Balaban J connectivity index is 1.78. The largest absolute Gasteiger partial charge is 0.416 e. The number of amides is 1. The van der Waals surface area contributed by atoms with Gasteiger partial charge in [0.25, 0.3) is 5.91 Å². The number of aromatic nitrogens is 1. The van der Waals surface area contributed by atoms with Gasteiger partial charge in [-0.2, -0.15) is 13.2 Å². The molecule has 2 aromatic carbocycles. The predicted octanol–water partition coefficient (Wildman–Crippen LogP) is 5.40. The molecule has 0 unspecified atom stereocenters. The molecule has 2 N–H and O–H groups in total. The minimum absolute atomic E-state index is 0.148. The Morgan fingerprint density at radius 2 is 1.70 bits per heavy atom. The Hall–Kier alpha value is -3.35. The summed E-state index contributed by atoms with van der Waals surface area (Å²) in [6.45, 7) is 1.87. The van der Waals surface area contributed by atoms with Gasteiger partial charge in [-0.25, -0.2) is 0 Å². The van der Waals surface area contributed by atoms with Gasteiger partial charge in [-0.15, -0.1) is 0 Å². The molecule has 0 saturated heterocycles. The van der Waals surface area contributed by atoms with Crippen molar-refractivity contribution in [1.29, 1.82) is 0 Å². The van der Waals surface area contributed by atoms with Crippen molar-refractivity contribution in [2.75, 3.05) is 10.6 Å². The molecule has 1 heterocycles. The van der Waals surface area contributed by atoms with Gasteiger partial charge < -0.3 is 10.6 Å². The van der Waals surface area contributed by atoms with Gasteiger partial charge >= 0.3 is 6.18 Å². The predicted molar refractivity (Wildman–Crippen MR) is 98.1 cm³/mol. The number of nitrogens with zero attached hydrogens (tertiary/aromatic N) is 1. The third-order valence-corrected chi connectivity index (χ3v) is 3.86. The van der Waals surface area contributed by atoms with Crippen molar-refractivity contribution in [2.45, 2.75) is 13.1 Å². The van der Waals surface area contributed by atoms with Crippen LogP contribution in [0.1, 0.15) is 21.6 Å². The standard InChI is InChI=1S/C20H16F3N3O/c1-13-5-2-3-8-17(13)26-19(27)18-12-16(9-10-24-18)25-15-7-4-6-14(11-15)20(21,22)23/h2-12H,1H3,(H,24,25)(H,26,27). The van der Waals surface area contributed by atoms with Crippen LogP contribution in [0.2, 0.25) is 0 Å². The first kappa shape index (κ1) is 18.4. The van der Waals surface area contributed by atoms with Crippen LogP contribution < -0.4 is 10.6 Å². The summed E-state index contributed by atoms with van der Waals surface area (Å²) in [6.07, 6.45) is -3.00. The molecule has 0 aliphatic rings. The lowest BCUT2D eigenvalue weighted by Crippen LogP contribution is -2.14. The normalized spacial score (nSPS) is 11.1. The molecule has 0 fully saturated rings. The van der Waals surface area contributed by atoms with Crippen molar-refractivity contribution >= 4 is 23.0 Å². The molecule has 1 amide bonds. The lowest BCUT2D eigenvalue weighted by molar-refractivity contribution is -0.137. The van der Waals surface area contributed by atoms with E-state index in [9.17, 15) is 18.0 Å². The number of nitrogens with one attached hydrogen (secondary N) is 2. The molecule has 27 heavy (non-hydrogen) atoms. The molecule has 0 spiro atoms. The number of anilines is 3. The molecule has 4 nitrogen and oxygen atoms in total. The van der Waals surface area contributed by atoms with E-state index in [1.165, 1.54) is 24.4 Å². The van der Waals surface area contributed by atoms with E-state index in [0.29, 0.717) is 11.4 Å². The van der Waals surface area contributed by atoms with Crippen LogP contribution in [0.5, 0.6) is 0 Å². The highest BCUT2D eigenvalue weighted by atomic mass is 19.4. The number of para-hydroxylation sites is 1. The zero-order valence-corrected chi connectivity index (χ0v) is 14.3. The number of pyridine rings is 1. The number of hydrogen-bond donors (Lipinski definition) is 2. The molecule has 0 aliphatic heterocycles. The van der Waals surface area contributed by atoms with Crippen LogP contribution in [0, 0.1) is 6.92 Å².